The summed E-state index contributed by atoms with van der Waals surface area (Å²) in [5.41, 5.74) is 0. The molecule has 1 saturated heterocycles. The molecule has 2 aromatic heterocycles. The van der Waals surface area contributed by atoms with E-state index in [1.165, 1.54) is 15.0 Å². The van der Waals surface area contributed by atoms with E-state index in [4.69, 9.17) is 9.15 Å². The minimum absolute atomic E-state index is 0.198. The van der Waals surface area contributed by atoms with Crippen LogP contribution in [0.15, 0.2) is 53.1 Å². The molecule has 0 bridgehead atoms. The first-order valence-corrected chi connectivity index (χ1v) is 9.12. The molecule has 4 nitrogen and oxygen atoms in total. The third kappa shape index (κ3) is 3.39. The van der Waals surface area contributed by atoms with Crippen molar-refractivity contribution in [1.29, 1.82) is 0 Å². The highest BCUT2D eigenvalue weighted by molar-refractivity contribution is 7.19. The largest absolute Gasteiger partial charge is 0.467 e. The van der Waals surface area contributed by atoms with Crippen molar-refractivity contribution in [1.82, 2.24) is 4.90 Å². The van der Waals surface area contributed by atoms with Gasteiger partial charge in [0.15, 0.2) is 0 Å². The molecule has 1 N–H and O–H groups in total. The van der Waals surface area contributed by atoms with Gasteiger partial charge in [-0.3, -0.25) is 4.90 Å². The maximum Gasteiger partial charge on any atom is 0.132 e. The molecule has 3 aromatic rings. The first-order valence-electron chi connectivity index (χ1n) is 8.30. The molecule has 0 aliphatic carbocycles. The van der Waals surface area contributed by atoms with Crippen molar-refractivity contribution in [2.45, 2.75) is 25.1 Å². The predicted molar refractivity (Wildman–Crippen MR) is 95.1 cm³/mol. The van der Waals surface area contributed by atoms with Gasteiger partial charge in [-0.15, -0.1) is 11.3 Å². The number of morpholine rings is 1. The van der Waals surface area contributed by atoms with E-state index in [-0.39, 0.29) is 6.04 Å². The van der Waals surface area contributed by atoms with Crippen LogP contribution in [0, 0.1) is 0 Å². The zero-order valence-corrected chi connectivity index (χ0v) is 14.2. The lowest BCUT2D eigenvalue weighted by atomic mass is 10.1. The number of nitrogens with zero attached hydrogens (tertiary/aromatic N) is 1. The van der Waals surface area contributed by atoms with Crippen LogP contribution in [-0.2, 0) is 11.3 Å². The van der Waals surface area contributed by atoms with E-state index in [2.05, 4.69) is 35.2 Å². The highest BCUT2D eigenvalue weighted by atomic mass is 32.1. The van der Waals surface area contributed by atoms with Gasteiger partial charge in [0.25, 0.3) is 0 Å². The van der Waals surface area contributed by atoms with E-state index in [9.17, 15) is 5.11 Å². The van der Waals surface area contributed by atoms with Gasteiger partial charge in [0.05, 0.1) is 19.5 Å². The van der Waals surface area contributed by atoms with Gasteiger partial charge in [0.2, 0.25) is 0 Å². The average molecular weight is 343 g/mol. The van der Waals surface area contributed by atoms with Crippen LogP contribution in [-0.4, -0.2) is 35.8 Å². The summed E-state index contributed by atoms with van der Waals surface area (Å²) in [4.78, 5) is 3.77. The monoisotopic (exact) mass is 343 g/mol. The molecule has 0 radical (unpaired) electrons. The molecule has 4 rings (SSSR count). The highest BCUT2D eigenvalue weighted by Crippen LogP contribution is 2.29. The van der Waals surface area contributed by atoms with Crippen LogP contribution in [0.2, 0.25) is 0 Å². The van der Waals surface area contributed by atoms with Crippen LogP contribution < -0.4 is 0 Å². The minimum atomic E-state index is -0.586. The summed E-state index contributed by atoms with van der Waals surface area (Å²) in [6.45, 7) is 3.20. The fraction of sp³-hybridized carbons (Fsp3) is 0.368. The van der Waals surface area contributed by atoms with E-state index in [0.29, 0.717) is 18.8 Å². The van der Waals surface area contributed by atoms with Crippen LogP contribution in [0.5, 0.6) is 0 Å². The number of rotatable bonds is 5. The second-order valence-corrected chi connectivity index (χ2v) is 7.39. The van der Waals surface area contributed by atoms with E-state index >= 15 is 0 Å². The second kappa shape index (κ2) is 7.07. The topological polar surface area (TPSA) is 45.8 Å². The Kier molecular flexibility index (Phi) is 4.67. The lowest BCUT2D eigenvalue weighted by molar-refractivity contribution is -0.0319. The maximum absolute atomic E-state index is 10.4. The fourth-order valence-electron chi connectivity index (χ4n) is 3.28. The summed E-state index contributed by atoms with van der Waals surface area (Å²) in [6, 6.07) is 14.6. The summed E-state index contributed by atoms with van der Waals surface area (Å²) in [6.07, 6.45) is 1.64. The number of ether oxygens (including phenoxy) is 1. The van der Waals surface area contributed by atoms with Crippen molar-refractivity contribution in [2.75, 3.05) is 19.8 Å². The maximum atomic E-state index is 10.4. The van der Waals surface area contributed by atoms with Crippen LogP contribution in [0.3, 0.4) is 0 Å². The Bertz CT molecular complexity index is 750. The van der Waals surface area contributed by atoms with Gasteiger partial charge in [-0.05, 0) is 36.1 Å². The van der Waals surface area contributed by atoms with Crippen molar-refractivity contribution in [2.24, 2.45) is 0 Å². The first-order chi connectivity index (χ1) is 11.8. The molecule has 3 heterocycles. The zero-order chi connectivity index (χ0) is 16.4. The van der Waals surface area contributed by atoms with E-state index in [0.717, 1.165) is 19.7 Å². The molecule has 0 spiro atoms. The zero-order valence-electron chi connectivity index (χ0n) is 13.4. The Labute approximate surface area is 145 Å². The van der Waals surface area contributed by atoms with Crippen molar-refractivity contribution < 1.29 is 14.3 Å². The van der Waals surface area contributed by atoms with Crippen molar-refractivity contribution >= 4 is 21.4 Å². The van der Waals surface area contributed by atoms with Gasteiger partial charge in [-0.2, -0.15) is 0 Å². The molecule has 0 saturated carbocycles. The van der Waals surface area contributed by atoms with Gasteiger partial charge >= 0.3 is 0 Å². The van der Waals surface area contributed by atoms with E-state index in [1.54, 1.807) is 6.26 Å². The molecule has 1 aliphatic heterocycles. The molecule has 24 heavy (non-hydrogen) atoms. The molecular weight excluding hydrogens is 322 g/mol. The van der Waals surface area contributed by atoms with Crippen LogP contribution in [0.25, 0.3) is 10.1 Å². The number of benzene rings is 1. The van der Waals surface area contributed by atoms with Crippen LogP contribution >= 0.6 is 11.3 Å². The normalized spacial score (nSPS) is 20.5. The van der Waals surface area contributed by atoms with Gasteiger partial charge in [0, 0.05) is 28.7 Å². The third-order valence-electron chi connectivity index (χ3n) is 4.55. The van der Waals surface area contributed by atoms with E-state index in [1.807, 2.05) is 23.5 Å². The Morgan fingerprint density at radius 1 is 1.25 bits per heavy atom. The fourth-order valence-corrected chi connectivity index (χ4v) is 4.37. The van der Waals surface area contributed by atoms with Crippen LogP contribution in [0.1, 0.15) is 23.2 Å². The predicted octanol–water partition coefficient (Wildman–Crippen LogP) is 3.82. The standard InChI is InChI=1S/C19H21NO3S/c21-17(18-5-3-8-23-18)11-15-13-22-9-7-20(15)12-16-10-14-4-1-2-6-19(14)24-16/h1-6,8,10,15,17,21H,7,9,11-13H2. The van der Waals surface area contributed by atoms with E-state index < -0.39 is 6.10 Å². The summed E-state index contributed by atoms with van der Waals surface area (Å²) in [5, 5.41) is 11.7. The van der Waals surface area contributed by atoms with Crippen LogP contribution in [0.4, 0.5) is 0 Å². The molecule has 1 aromatic carbocycles. The molecule has 2 unspecified atom stereocenters. The SMILES string of the molecule is OC(CC1COCCN1Cc1cc2ccccc2s1)c1ccco1. The Morgan fingerprint density at radius 3 is 3.00 bits per heavy atom. The van der Waals surface area contributed by atoms with Crippen molar-refractivity contribution in [3.8, 4) is 0 Å². The Hall–Kier alpha value is -1.66. The van der Waals surface area contributed by atoms with Gasteiger partial charge in [-0.25, -0.2) is 0 Å². The Morgan fingerprint density at radius 2 is 2.17 bits per heavy atom. The average Bonchev–Trinajstić information content (AvgIpc) is 3.25. The number of aliphatic hydroxyl groups excluding tert-OH is 1. The first kappa shape index (κ1) is 15.8. The lowest BCUT2D eigenvalue weighted by Crippen LogP contribution is -2.45. The lowest BCUT2D eigenvalue weighted by Gasteiger charge is -2.36. The summed E-state index contributed by atoms with van der Waals surface area (Å²) < 4.78 is 12.3. The summed E-state index contributed by atoms with van der Waals surface area (Å²) in [5.74, 6) is 0.627. The van der Waals surface area contributed by atoms with Crippen molar-refractivity contribution in [3.05, 3.63) is 59.4 Å². The van der Waals surface area contributed by atoms with Gasteiger partial charge in [-0.1, -0.05) is 18.2 Å². The highest BCUT2D eigenvalue weighted by Gasteiger charge is 2.27. The summed E-state index contributed by atoms with van der Waals surface area (Å²) >= 11 is 1.85. The number of hydrogen-bond donors (Lipinski definition) is 1. The quantitative estimate of drug-likeness (QED) is 0.765. The van der Waals surface area contributed by atoms with Gasteiger partial charge < -0.3 is 14.3 Å². The number of fused-ring (bicyclic) bond motifs is 1. The molecule has 5 heteroatoms. The second-order valence-electron chi connectivity index (χ2n) is 6.22. The number of aliphatic hydroxyl groups is 1. The molecule has 1 fully saturated rings. The molecule has 0 amide bonds. The number of hydrogen-bond acceptors (Lipinski definition) is 5. The molecule has 1 aliphatic rings. The molecule has 2 atom stereocenters. The smallest absolute Gasteiger partial charge is 0.132 e. The Balaban J connectivity index is 1.47. The molecule has 126 valence electrons. The van der Waals surface area contributed by atoms with Gasteiger partial charge in [0.1, 0.15) is 11.9 Å². The number of thiophene rings is 1. The summed E-state index contributed by atoms with van der Waals surface area (Å²) in [7, 11) is 0. The minimum Gasteiger partial charge on any atom is -0.467 e. The third-order valence-corrected chi connectivity index (χ3v) is 5.65. The molecular formula is C19H21NO3S. The van der Waals surface area contributed by atoms with Crippen molar-refractivity contribution in [3.63, 3.8) is 0 Å². The number of furan rings is 1.